The van der Waals surface area contributed by atoms with Crippen LogP contribution in [0.4, 0.5) is 17.1 Å². The highest BCUT2D eigenvalue weighted by molar-refractivity contribution is 7.89. The number of nitro groups is 1. The molecule has 0 radical (unpaired) electrons. The van der Waals surface area contributed by atoms with Gasteiger partial charge in [-0.1, -0.05) is 17.7 Å². The van der Waals surface area contributed by atoms with Crippen LogP contribution in [-0.4, -0.2) is 43.2 Å². The lowest BCUT2D eigenvalue weighted by Gasteiger charge is -2.19. The summed E-state index contributed by atoms with van der Waals surface area (Å²) < 4.78 is 27.4. The molecule has 0 aliphatic carbocycles. The molecular weight excluding hydrogens is 420 g/mol. The number of aryl methyl sites for hydroxylation is 3. The Bertz CT molecular complexity index is 1100. The average molecular weight is 447 g/mol. The number of nitro benzene ring substituents is 1. The second-order valence-corrected chi connectivity index (χ2v) is 9.63. The lowest BCUT2D eigenvalue weighted by Crippen LogP contribution is -2.29. The van der Waals surface area contributed by atoms with E-state index in [4.69, 9.17) is 0 Å². The van der Waals surface area contributed by atoms with Crippen molar-refractivity contribution in [1.29, 1.82) is 0 Å². The lowest BCUT2D eigenvalue weighted by atomic mass is 10.1. The van der Waals surface area contributed by atoms with Crippen molar-refractivity contribution in [3.8, 4) is 0 Å². The quantitative estimate of drug-likeness (QED) is 0.497. The molecule has 0 spiro atoms. The van der Waals surface area contributed by atoms with Crippen molar-refractivity contribution in [2.45, 2.75) is 38.5 Å². The van der Waals surface area contributed by atoms with E-state index in [1.807, 2.05) is 32.9 Å². The van der Waals surface area contributed by atoms with Crippen LogP contribution in [0.25, 0.3) is 0 Å². The van der Waals surface area contributed by atoms with Gasteiger partial charge in [-0.25, -0.2) is 8.42 Å². The Labute approximate surface area is 181 Å². The number of amides is 1. The zero-order valence-corrected chi connectivity index (χ0v) is 18.6. The molecule has 0 saturated carbocycles. The van der Waals surface area contributed by atoms with Gasteiger partial charge in [-0.3, -0.25) is 14.9 Å². The fourth-order valence-electron chi connectivity index (χ4n) is 3.79. The van der Waals surface area contributed by atoms with E-state index in [1.54, 1.807) is 0 Å². The topological polar surface area (TPSA) is 122 Å². The molecule has 0 unspecified atom stereocenters. The van der Waals surface area contributed by atoms with Crippen LogP contribution >= 0.6 is 0 Å². The van der Waals surface area contributed by atoms with E-state index >= 15 is 0 Å². The monoisotopic (exact) mass is 446 g/mol. The largest absolute Gasteiger partial charge is 0.375 e. The van der Waals surface area contributed by atoms with Crippen molar-refractivity contribution in [2.24, 2.45) is 0 Å². The zero-order valence-electron chi connectivity index (χ0n) is 17.8. The van der Waals surface area contributed by atoms with Crippen LogP contribution < -0.4 is 10.6 Å². The number of carbonyl (C=O) groups excluding carboxylic acids is 1. The minimum Gasteiger partial charge on any atom is -0.375 e. The molecule has 1 saturated heterocycles. The number of carbonyl (C=O) groups is 1. The van der Waals surface area contributed by atoms with Crippen LogP contribution in [0.15, 0.2) is 35.2 Å². The molecule has 1 aliphatic heterocycles. The normalized spacial score (nSPS) is 14.4. The first-order valence-corrected chi connectivity index (χ1v) is 11.4. The predicted molar refractivity (Wildman–Crippen MR) is 119 cm³/mol. The highest BCUT2D eigenvalue weighted by atomic mass is 32.2. The van der Waals surface area contributed by atoms with Crippen molar-refractivity contribution in [3.63, 3.8) is 0 Å². The van der Waals surface area contributed by atoms with Crippen LogP contribution in [0.1, 0.15) is 29.5 Å². The maximum absolute atomic E-state index is 13.0. The van der Waals surface area contributed by atoms with E-state index < -0.39 is 14.9 Å². The van der Waals surface area contributed by atoms with Gasteiger partial charge < -0.3 is 10.6 Å². The highest BCUT2D eigenvalue weighted by Gasteiger charge is 2.31. The molecule has 0 aromatic heterocycles. The average Bonchev–Trinajstić information content (AvgIpc) is 3.24. The van der Waals surface area contributed by atoms with Crippen LogP contribution in [0, 0.1) is 30.9 Å². The Hall–Kier alpha value is -2.98. The molecule has 0 atom stereocenters. The third-order valence-electron chi connectivity index (χ3n) is 5.24. The van der Waals surface area contributed by atoms with Crippen LogP contribution in [0.2, 0.25) is 0 Å². The van der Waals surface area contributed by atoms with E-state index in [1.165, 1.54) is 16.4 Å². The molecule has 1 amide bonds. The van der Waals surface area contributed by atoms with Crippen LogP contribution in [-0.2, 0) is 14.8 Å². The second-order valence-electron chi connectivity index (χ2n) is 7.72. The summed E-state index contributed by atoms with van der Waals surface area (Å²) >= 11 is 0. The Kier molecular flexibility index (Phi) is 6.61. The van der Waals surface area contributed by atoms with Gasteiger partial charge in [-0.05, 0) is 50.8 Å². The number of benzene rings is 2. The zero-order chi connectivity index (χ0) is 22.8. The standard InChI is InChI=1S/C21H26N4O5S/c1-14-10-15(2)21(16(3)11-14)23-20(26)13-22-18-7-6-17(25(27)28)12-19(18)31(29,30)24-8-4-5-9-24/h6-7,10-12,22H,4-5,8-9,13H2,1-3H3,(H,23,26). The van der Waals surface area contributed by atoms with Gasteiger partial charge in [0.15, 0.2) is 0 Å². The molecule has 10 heteroatoms. The molecule has 9 nitrogen and oxygen atoms in total. The maximum Gasteiger partial charge on any atom is 0.270 e. The van der Waals surface area contributed by atoms with E-state index in [9.17, 15) is 23.3 Å². The smallest absolute Gasteiger partial charge is 0.270 e. The van der Waals surface area contributed by atoms with Gasteiger partial charge in [0.05, 0.1) is 17.2 Å². The fourth-order valence-corrected chi connectivity index (χ4v) is 5.49. The van der Waals surface area contributed by atoms with Gasteiger partial charge in [0.2, 0.25) is 15.9 Å². The molecule has 2 aromatic carbocycles. The fraction of sp³-hybridized carbons (Fsp3) is 0.381. The predicted octanol–water partition coefficient (Wildman–Crippen LogP) is 3.36. The molecule has 2 aromatic rings. The summed E-state index contributed by atoms with van der Waals surface area (Å²) in [6.45, 7) is 6.34. The number of rotatable bonds is 7. The Balaban J connectivity index is 1.83. The number of sulfonamides is 1. The molecule has 1 heterocycles. The molecule has 1 aliphatic rings. The number of hydrogen-bond donors (Lipinski definition) is 2. The van der Waals surface area contributed by atoms with E-state index in [0.29, 0.717) is 18.8 Å². The van der Waals surface area contributed by atoms with E-state index in [0.717, 1.165) is 35.6 Å². The van der Waals surface area contributed by atoms with Gasteiger partial charge >= 0.3 is 0 Å². The number of anilines is 2. The van der Waals surface area contributed by atoms with Crippen molar-refractivity contribution in [2.75, 3.05) is 30.3 Å². The molecular formula is C21H26N4O5S. The molecule has 31 heavy (non-hydrogen) atoms. The van der Waals surface area contributed by atoms with E-state index in [-0.39, 0.29) is 28.7 Å². The van der Waals surface area contributed by atoms with Gasteiger partial charge in [0.25, 0.3) is 5.69 Å². The number of non-ortho nitro benzene ring substituents is 1. The van der Waals surface area contributed by atoms with Crippen molar-refractivity contribution in [1.82, 2.24) is 4.31 Å². The van der Waals surface area contributed by atoms with Crippen LogP contribution in [0.3, 0.4) is 0 Å². The van der Waals surface area contributed by atoms with Crippen molar-refractivity contribution in [3.05, 3.63) is 57.1 Å². The summed E-state index contributed by atoms with van der Waals surface area (Å²) in [6.07, 6.45) is 1.49. The SMILES string of the molecule is Cc1cc(C)c(NC(=O)CNc2ccc([N+](=O)[O-])cc2S(=O)(=O)N2CCCC2)c(C)c1. The van der Waals surface area contributed by atoms with Gasteiger partial charge in [0, 0.05) is 30.9 Å². The lowest BCUT2D eigenvalue weighted by molar-refractivity contribution is -0.385. The minimum absolute atomic E-state index is 0.157. The minimum atomic E-state index is -3.92. The summed E-state index contributed by atoms with van der Waals surface area (Å²) in [5.74, 6) is -0.349. The maximum atomic E-state index is 13.0. The first-order chi connectivity index (χ1) is 14.6. The van der Waals surface area contributed by atoms with Gasteiger partial charge in [-0.15, -0.1) is 0 Å². The molecule has 166 valence electrons. The third kappa shape index (κ3) is 5.02. The summed E-state index contributed by atoms with van der Waals surface area (Å²) in [7, 11) is -3.92. The Morgan fingerprint density at radius 1 is 1.10 bits per heavy atom. The molecule has 1 fully saturated rings. The number of hydrogen-bond acceptors (Lipinski definition) is 6. The first kappa shape index (κ1) is 22.7. The third-order valence-corrected chi connectivity index (χ3v) is 7.18. The van der Waals surface area contributed by atoms with Crippen molar-refractivity contribution >= 4 is 33.0 Å². The van der Waals surface area contributed by atoms with E-state index in [2.05, 4.69) is 10.6 Å². The summed E-state index contributed by atoms with van der Waals surface area (Å²) in [4.78, 5) is 22.9. The number of nitrogens with one attached hydrogen (secondary N) is 2. The van der Waals surface area contributed by atoms with Crippen molar-refractivity contribution < 1.29 is 18.1 Å². The van der Waals surface area contributed by atoms with Gasteiger partial charge in [0.1, 0.15) is 4.90 Å². The molecule has 2 N–H and O–H groups in total. The summed E-state index contributed by atoms with van der Waals surface area (Å²) in [5.41, 5.74) is 3.50. The van der Waals surface area contributed by atoms with Gasteiger partial charge in [-0.2, -0.15) is 4.31 Å². The van der Waals surface area contributed by atoms with Crippen LogP contribution in [0.5, 0.6) is 0 Å². The number of nitrogens with zero attached hydrogens (tertiary/aromatic N) is 2. The highest BCUT2D eigenvalue weighted by Crippen LogP contribution is 2.30. The first-order valence-electron chi connectivity index (χ1n) is 10.00. The summed E-state index contributed by atoms with van der Waals surface area (Å²) in [6, 6.07) is 7.52. The molecule has 0 bridgehead atoms. The second kappa shape index (κ2) is 9.03. The Morgan fingerprint density at radius 2 is 1.71 bits per heavy atom. The molecule has 3 rings (SSSR count). The Morgan fingerprint density at radius 3 is 2.29 bits per heavy atom. The summed E-state index contributed by atoms with van der Waals surface area (Å²) in [5, 5.41) is 16.9.